The van der Waals surface area contributed by atoms with Gasteiger partial charge in [0.2, 0.25) is 0 Å². The SMILES string of the molecule is CCOP(=O)(OCC)Oc1cc(O)cc(O)c1. The Kier molecular flexibility index (Phi) is 4.81. The van der Waals surface area contributed by atoms with E-state index in [1.165, 1.54) is 12.1 Å². The molecule has 0 radical (unpaired) electrons. The van der Waals surface area contributed by atoms with E-state index in [9.17, 15) is 14.8 Å². The fraction of sp³-hybridized carbons (Fsp3) is 0.400. The number of hydrogen-bond acceptors (Lipinski definition) is 6. The van der Waals surface area contributed by atoms with Gasteiger partial charge in [0.05, 0.1) is 13.2 Å². The van der Waals surface area contributed by atoms with E-state index in [1.807, 2.05) is 0 Å². The summed E-state index contributed by atoms with van der Waals surface area (Å²) in [6, 6.07) is 3.52. The van der Waals surface area contributed by atoms with E-state index in [4.69, 9.17) is 13.6 Å². The minimum absolute atomic E-state index is 0.00716. The first-order valence-electron chi connectivity index (χ1n) is 5.11. The smallest absolute Gasteiger partial charge is 0.508 e. The van der Waals surface area contributed by atoms with Crippen LogP contribution in [-0.4, -0.2) is 23.4 Å². The van der Waals surface area contributed by atoms with Crippen molar-refractivity contribution in [2.75, 3.05) is 13.2 Å². The summed E-state index contributed by atoms with van der Waals surface area (Å²) in [4.78, 5) is 0. The summed E-state index contributed by atoms with van der Waals surface area (Å²) < 4.78 is 26.8. The summed E-state index contributed by atoms with van der Waals surface area (Å²) >= 11 is 0. The average Bonchev–Trinajstić information content (AvgIpc) is 2.15. The lowest BCUT2D eigenvalue weighted by molar-refractivity contribution is 0.167. The summed E-state index contributed by atoms with van der Waals surface area (Å²) in [6.07, 6.45) is 0. The maximum absolute atomic E-state index is 12.0. The van der Waals surface area contributed by atoms with Gasteiger partial charge in [0.15, 0.2) is 0 Å². The Bertz CT molecular complexity index is 389. The van der Waals surface area contributed by atoms with E-state index in [0.29, 0.717) is 0 Å². The van der Waals surface area contributed by atoms with Gasteiger partial charge in [0.25, 0.3) is 0 Å². The summed E-state index contributed by atoms with van der Waals surface area (Å²) in [5.41, 5.74) is 0. The number of phenols is 2. The minimum atomic E-state index is -3.70. The fourth-order valence-corrected chi connectivity index (χ4v) is 2.33. The number of aromatic hydroxyl groups is 2. The number of phosphoric acid groups is 1. The highest BCUT2D eigenvalue weighted by atomic mass is 31.2. The van der Waals surface area contributed by atoms with Gasteiger partial charge in [-0.3, -0.25) is 9.05 Å². The molecule has 0 aliphatic carbocycles. The van der Waals surface area contributed by atoms with Crippen LogP contribution in [0.25, 0.3) is 0 Å². The van der Waals surface area contributed by atoms with Crippen molar-refractivity contribution in [1.29, 1.82) is 0 Å². The van der Waals surface area contributed by atoms with Crippen LogP contribution < -0.4 is 4.52 Å². The molecule has 0 fully saturated rings. The summed E-state index contributed by atoms with van der Waals surface area (Å²) in [7, 11) is -3.70. The molecule has 7 heteroatoms. The van der Waals surface area contributed by atoms with Gasteiger partial charge in [0, 0.05) is 18.2 Å². The van der Waals surface area contributed by atoms with Crippen molar-refractivity contribution in [1.82, 2.24) is 0 Å². The van der Waals surface area contributed by atoms with E-state index in [2.05, 4.69) is 0 Å². The van der Waals surface area contributed by atoms with E-state index in [-0.39, 0.29) is 30.5 Å². The number of phosphoric ester groups is 1. The third-order valence-corrected chi connectivity index (χ3v) is 3.25. The largest absolute Gasteiger partial charge is 0.530 e. The van der Waals surface area contributed by atoms with Gasteiger partial charge in [-0.2, -0.15) is 0 Å². The Balaban J connectivity index is 2.89. The zero-order chi connectivity index (χ0) is 12.9. The molecule has 0 amide bonds. The molecule has 1 rings (SSSR count). The van der Waals surface area contributed by atoms with Crippen LogP contribution in [0.15, 0.2) is 18.2 Å². The van der Waals surface area contributed by atoms with Crippen LogP contribution in [0.5, 0.6) is 17.2 Å². The van der Waals surface area contributed by atoms with Crippen molar-refractivity contribution < 1.29 is 28.3 Å². The lowest BCUT2D eigenvalue weighted by atomic mass is 10.3. The van der Waals surface area contributed by atoms with Crippen LogP contribution >= 0.6 is 7.82 Å². The maximum Gasteiger partial charge on any atom is 0.530 e. The Morgan fingerprint density at radius 2 is 1.53 bits per heavy atom. The molecule has 0 unspecified atom stereocenters. The van der Waals surface area contributed by atoms with E-state index < -0.39 is 7.82 Å². The Hall–Kier alpha value is -1.23. The van der Waals surface area contributed by atoms with Crippen LogP contribution in [0.2, 0.25) is 0 Å². The third-order valence-electron chi connectivity index (χ3n) is 1.67. The topological polar surface area (TPSA) is 85.2 Å². The first kappa shape index (κ1) is 13.8. The zero-order valence-corrected chi connectivity index (χ0v) is 10.5. The molecule has 0 aliphatic heterocycles. The zero-order valence-electron chi connectivity index (χ0n) is 9.62. The van der Waals surface area contributed by atoms with Gasteiger partial charge in [-0.1, -0.05) is 0 Å². The molecule has 0 saturated heterocycles. The Morgan fingerprint density at radius 3 is 1.94 bits per heavy atom. The lowest BCUT2D eigenvalue weighted by Crippen LogP contribution is -2.02. The second kappa shape index (κ2) is 5.91. The molecule has 0 atom stereocenters. The molecule has 0 bridgehead atoms. The first-order chi connectivity index (χ1) is 7.99. The normalized spacial score (nSPS) is 11.4. The van der Waals surface area contributed by atoms with Crippen LogP contribution in [-0.2, 0) is 13.6 Å². The Labute approximate surface area is 99.4 Å². The summed E-state index contributed by atoms with van der Waals surface area (Å²) in [6.45, 7) is 3.61. The minimum Gasteiger partial charge on any atom is -0.508 e. The number of hydrogen-bond donors (Lipinski definition) is 2. The van der Waals surface area contributed by atoms with E-state index in [1.54, 1.807) is 13.8 Å². The maximum atomic E-state index is 12.0. The number of phenolic OH excluding ortho intramolecular Hbond substituents is 2. The quantitative estimate of drug-likeness (QED) is 0.766. The van der Waals surface area contributed by atoms with Crippen molar-refractivity contribution in [2.45, 2.75) is 13.8 Å². The molecule has 1 aromatic carbocycles. The first-order valence-corrected chi connectivity index (χ1v) is 6.57. The van der Waals surface area contributed by atoms with Crippen LogP contribution in [0.3, 0.4) is 0 Å². The van der Waals surface area contributed by atoms with Crippen molar-refractivity contribution in [3.05, 3.63) is 18.2 Å². The molecule has 0 saturated carbocycles. The Morgan fingerprint density at radius 1 is 1.06 bits per heavy atom. The molecule has 0 aliphatic rings. The van der Waals surface area contributed by atoms with Gasteiger partial charge in [-0.15, -0.1) is 0 Å². The molecular weight excluding hydrogens is 247 g/mol. The molecule has 0 spiro atoms. The highest BCUT2D eigenvalue weighted by Gasteiger charge is 2.27. The fourth-order valence-electron chi connectivity index (χ4n) is 1.16. The predicted octanol–water partition coefficient (Wildman–Crippen LogP) is 2.66. The highest BCUT2D eigenvalue weighted by Crippen LogP contribution is 2.50. The highest BCUT2D eigenvalue weighted by molar-refractivity contribution is 7.48. The van der Waals surface area contributed by atoms with Gasteiger partial charge in [-0.05, 0) is 13.8 Å². The van der Waals surface area contributed by atoms with E-state index in [0.717, 1.165) is 6.07 Å². The van der Waals surface area contributed by atoms with Gasteiger partial charge < -0.3 is 14.7 Å². The van der Waals surface area contributed by atoms with Crippen LogP contribution in [0, 0.1) is 0 Å². The van der Waals surface area contributed by atoms with Gasteiger partial charge in [0.1, 0.15) is 17.2 Å². The standard InChI is InChI=1S/C10H15O6P/c1-3-14-17(13,15-4-2)16-10-6-8(11)5-9(12)7-10/h5-7,11-12H,3-4H2,1-2H3. The number of rotatable bonds is 6. The molecule has 0 aromatic heterocycles. The molecule has 17 heavy (non-hydrogen) atoms. The molecule has 6 nitrogen and oxygen atoms in total. The molecule has 0 heterocycles. The van der Waals surface area contributed by atoms with Crippen molar-refractivity contribution >= 4 is 7.82 Å². The van der Waals surface area contributed by atoms with Gasteiger partial charge in [-0.25, -0.2) is 4.57 Å². The molecular formula is C10H15O6P. The van der Waals surface area contributed by atoms with Crippen molar-refractivity contribution in [3.8, 4) is 17.2 Å². The number of benzene rings is 1. The second-order valence-corrected chi connectivity index (χ2v) is 4.65. The third kappa shape index (κ3) is 4.26. The summed E-state index contributed by atoms with van der Waals surface area (Å²) in [5, 5.41) is 18.5. The van der Waals surface area contributed by atoms with E-state index >= 15 is 0 Å². The van der Waals surface area contributed by atoms with Gasteiger partial charge >= 0.3 is 7.82 Å². The monoisotopic (exact) mass is 262 g/mol. The average molecular weight is 262 g/mol. The summed E-state index contributed by atoms with van der Waals surface area (Å²) in [5.74, 6) is -0.410. The molecule has 2 N–H and O–H groups in total. The van der Waals surface area contributed by atoms with Crippen LogP contribution in [0.4, 0.5) is 0 Å². The van der Waals surface area contributed by atoms with Crippen LogP contribution in [0.1, 0.15) is 13.8 Å². The molecule has 1 aromatic rings. The van der Waals surface area contributed by atoms with Crippen molar-refractivity contribution in [3.63, 3.8) is 0 Å². The second-order valence-electron chi connectivity index (χ2n) is 3.06. The van der Waals surface area contributed by atoms with Crippen molar-refractivity contribution in [2.24, 2.45) is 0 Å². The molecule has 96 valence electrons. The predicted molar refractivity (Wildman–Crippen MR) is 61.3 cm³/mol. The lowest BCUT2D eigenvalue weighted by Gasteiger charge is -2.17.